The van der Waals surface area contributed by atoms with Crippen LogP contribution in [0.1, 0.15) is 32.1 Å². The fourth-order valence-electron chi connectivity index (χ4n) is 3.75. The lowest BCUT2D eigenvalue weighted by Gasteiger charge is -2.45. The third-order valence-corrected chi connectivity index (χ3v) is 4.68. The van der Waals surface area contributed by atoms with E-state index in [2.05, 4.69) is 6.58 Å². The van der Waals surface area contributed by atoms with Gasteiger partial charge < -0.3 is 9.47 Å². The predicted molar refractivity (Wildman–Crippen MR) is 71.9 cm³/mol. The molecule has 0 radical (unpaired) electrons. The van der Waals surface area contributed by atoms with Crippen molar-refractivity contribution in [3.63, 3.8) is 0 Å². The highest BCUT2D eigenvalue weighted by atomic mass is 127. The topological polar surface area (TPSA) is 52.6 Å². The lowest BCUT2D eigenvalue weighted by molar-refractivity contribution is -0.167. The zero-order chi connectivity index (χ0) is 12.9. The van der Waals surface area contributed by atoms with Gasteiger partial charge in [-0.2, -0.15) is 0 Å². The number of ether oxygens (including phenoxy) is 2. The maximum Gasteiger partial charge on any atom is 0.344 e. The van der Waals surface area contributed by atoms with Gasteiger partial charge in [0.2, 0.25) is 0 Å². The maximum atomic E-state index is 11.8. The molecule has 0 aromatic heterocycles. The third-order valence-electron chi connectivity index (χ3n) is 4.24. The van der Waals surface area contributed by atoms with Crippen LogP contribution in [0.15, 0.2) is 10.2 Å². The number of fused-ring (bicyclic) bond motifs is 1. The highest BCUT2D eigenvalue weighted by Crippen LogP contribution is 2.51. The normalized spacial score (nSPS) is 41.2. The fraction of sp³-hybridized carbons (Fsp3) is 0.692. The van der Waals surface area contributed by atoms with E-state index in [0.717, 1.165) is 19.3 Å². The van der Waals surface area contributed by atoms with Gasteiger partial charge in [-0.15, -0.1) is 0 Å². The van der Waals surface area contributed by atoms with Crippen LogP contribution in [0.25, 0.3) is 0 Å². The van der Waals surface area contributed by atoms with Crippen LogP contribution < -0.4 is 0 Å². The summed E-state index contributed by atoms with van der Waals surface area (Å²) in [7, 11) is 0. The number of carbonyl (C=O) groups excluding carboxylic acids is 2. The van der Waals surface area contributed by atoms with Crippen molar-refractivity contribution in [1.82, 2.24) is 0 Å². The minimum absolute atomic E-state index is 0.0703. The number of hydrogen-bond donors (Lipinski definition) is 0. The average Bonchev–Trinajstić information content (AvgIpc) is 2.41. The van der Waals surface area contributed by atoms with Gasteiger partial charge in [-0.25, -0.2) is 4.79 Å². The molecule has 4 rings (SSSR count). The lowest BCUT2D eigenvalue weighted by Crippen LogP contribution is -2.48. The summed E-state index contributed by atoms with van der Waals surface area (Å²) in [6, 6.07) is 0. The summed E-state index contributed by atoms with van der Waals surface area (Å²) in [6.45, 7) is 3.61. The molecule has 4 fully saturated rings. The van der Waals surface area contributed by atoms with E-state index in [9.17, 15) is 9.59 Å². The zero-order valence-corrected chi connectivity index (χ0v) is 12.1. The molecule has 5 heteroatoms. The van der Waals surface area contributed by atoms with Crippen molar-refractivity contribution in [1.29, 1.82) is 0 Å². The largest absolute Gasteiger partial charge is 0.462 e. The molecule has 98 valence electrons. The van der Waals surface area contributed by atoms with E-state index in [1.807, 2.05) is 22.6 Å². The number of rotatable bonds is 2. The summed E-state index contributed by atoms with van der Waals surface area (Å²) in [6.07, 6.45) is 3.88. The second kappa shape index (κ2) is 4.21. The molecule has 2 saturated carbocycles. The molecule has 3 unspecified atom stereocenters. The van der Waals surface area contributed by atoms with Gasteiger partial charge in [-0.3, -0.25) is 4.79 Å². The molecule has 4 atom stereocenters. The fourth-order valence-corrected chi connectivity index (χ4v) is 3.86. The Balaban J connectivity index is 1.86. The molecule has 2 saturated heterocycles. The van der Waals surface area contributed by atoms with Crippen LogP contribution in [0.3, 0.4) is 0 Å². The maximum absolute atomic E-state index is 11.8. The number of esters is 2. The Morgan fingerprint density at radius 2 is 2.17 bits per heavy atom. The molecule has 0 amide bonds. The third kappa shape index (κ3) is 2.06. The van der Waals surface area contributed by atoms with Crippen molar-refractivity contribution in [2.75, 3.05) is 0 Å². The highest BCUT2D eigenvalue weighted by Gasteiger charge is 2.54. The summed E-state index contributed by atoms with van der Waals surface area (Å²) in [5.41, 5.74) is -0.492. The van der Waals surface area contributed by atoms with Crippen molar-refractivity contribution >= 4 is 34.5 Å². The molecule has 4 aliphatic rings. The van der Waals surface area contributed by atoms with E-state index in [1.165, 1.54) is 0 Å². The van der Waals surface area contributed by atoms with Gasteiger partial charge in [0.05, 0.1) is 9.50 Å². The Bertz CT molecular complexity index is 433. The zero-order valence-electron chi connectivity index (χ0n) is 9.99. The molecule has 0 N–H and O–H groups in total. The van der Waals surface area contributed by atoms with Crippen molar-refractivity contribution in [3.05, 3.63) is 10.2 Å². The van der Waals surface area contributed by atoms with Crippen LogP contribution in [0.2, 0.25) is 0 Å². The second-order valence-electron chi connectivity index (χ2n) is 5.68. The van der Waals surface area contributed by atoms with Gasteiger partial charge in [0.15, 0.2) is 0 Å². The quantitative estimate of drug-likeness (QED) is 0.430. The predicted octanol–water partition coefficient (Wildman–Crippen LogP) is 2.35. The smallest absolute Gasteiger partial charge is 0.344 e. The van der Waals surface area contributed by atoms with Crippen molar-refractivity contribution in [2.24, 2.45) is 11.8 Å². The van der Waals surface area contributed by atoms with Gasteiger partial charge in [0.25, 0.3) is 0 Å². The Morgan fingerprint density at radius 3 is 2.89 bits per heavy atom. The van der Waals surface area contributed by atoms with Crippen LogP contribution in [0.4, 0.5) is 0 Å². The highest BCUT2D eigenvalue weighted by molar-refractivity contribution is 14.1. The molecule has 4 nitrogen and oxygen atoms in total. The summed E-state index contributed by atoms with van der Waals surface area (Å²) in [4.78, 5) is 23.6. The summed E-state index contributed by atoms with van der Waals surface area (Å²) >= 11 is 1.87. The molecule has 2 aliphatic heterocycles. The Morgan fingerprint density at radius 1 is 1.39 bits per heavy atom. The van der Waals surface area contributed by atoms with E-state index in [0.29, 0.717) is 22.3 Å². The monoisotopic (exact) mass is 362 g/mol. The van der Waals surface area contributed by atoms with E-state index in [-0.39, 0.29) is 24.0 Å². The van der Waals surface area contributed by atoms with Gasteiger partial charge in [-0.05, 0) is 47.8 Å². The van der Waals surface area contributed by atoms with Crippen molar-refractivity contribution in [3.8, 4) is 0 Å². The van der Waals surface area contributed by atoms with E-state index < -0.39 is 5.60 Å². The average molecular weight is 362 g/mol. The Kier molecular flexibility index (Phi) is 2.91. The number of hydrogen-bond acceptors (Lipinski definition) is 4. The number of carbonyl (C=O) groups is 2. The second-order valence-corrected chi connectivity index (χ2v) is 6.99. The molecule has 0 aromatic carbocycles. The van der Waals surface area contributed by atoms with Crippen LogP contribution in [0.5, 0.6) is 0 Å². The van der Waals surface area contributed by atoms with Gasteiger partial charge in [-0.1, -0.05) is 6.58 Å². The molecular weight excluding hydrogens is 347 g/mol. The molecule has 0 aromatic rings. The van der Waals surface area contributed by atoms with E-state index >= 15 is 0 Å². The molecule has 2 heterocycles. The first kappa shape index (κ1) is 12.4. The van der Waals surface area contributed by atoms with Gasteiger partial charge >= 0.3 is 11.9 Å². The standard InChI is InChI=1S/C13H15IO4/c1-7(14)11(15)18-13-4-8-2-9(5-13)12(16)17-10(3-8)6-13/h8-10H,1-6H2/t8?,9-,10?,13?/m1/s1. The van der Waals surface area contributed by atoms with Crippen LogP contribution in [0, 0.1) is 11.8 Å². The Hall–Kier alpha value is -0.590. The first-order valence-electron chi connectivity index (χ1n) is 6.26. The van der Waals surface area contributed by atoms with Crippen LogP contribution in [-0.4, -0.2) is 23.6 Å². The van der Waals surface area contributed by atoms with E-state index in [1.54, 1.807) is 0 Å². The van der Waals surface area contributed by atoms with Crippen LogP contribution in [-0.2, 0) is 19.1 Å². The first-order chi connectivity index (χ1) is 8.47. The van der Waals surface area contributed by atoms with Crippen LogP contribution >= 0.6 is 22.6 Å². The minimum Gasteiger partial charge on any atom is -0.462 e. The van der Waals surface area contributed by atoms with E-state index in [4.69, 9.17) is 9.47 Å². The molecule has 4 bridgehead atoms. The minimum atomic E-state index is -0.492. The van der Waals surface area contributed by atoms with Crippen molar-refractivity contribution in [2.45, 2.75) is 43.8 Å². The Labute approximate surface area is 119 Å². The molecule has 18 heavy (non-hydrogen) atoms. The molecule has 2 aliphatic carbocycles. The van der Waals surface area contributed by atoms with Crippen molar-refractivity contribution < 1.29 is 19.1 Å². The lowest BCUT2D eigenvalue weighted by atomic mass is 9.65. The summed E-state index contributed by atoms with van der Waals surface area (Å²) in [5, 5.41) is 0. The summed E-state index contributed by atoms with van der Waals surface area (Å²) in [5.74, 6) is -0.103. The van der Waals surface area contributed by atoms with Gasteiger partial charge in [0, 0.05) is 12.8 Å². The molecular formula is C13H15IO4. The van der Waals surface area contributed by atoms with Gasteiger partial charge in [0.1, 0.15) is 11.7 Å². The first-order valence-corrected chi connectivity index (χ1v) is 7.33. The summed E-state index contributed by atoms with van der Waals surface area (Å²) < 4.78 is 11.5. The number of halogens is 1. The SMILES string of the molecule is C=C(I)C(=O)OC12CC3CC(C1)OC(=O)[C@H](C3)C2. The molecule has 0 spiro atoms.